The first-order valence-corrected chi connectivity index (χ1v) is 19.7. The molecule has 1 heterocycles. The van der Waals surface area contributed by atoms with Crippen molar-refractivity contribution >= 4 is 21.7 Å². The van der Waals surface area contributed by atoms with E-state index in [1.165, 1.54) is 66.4 Å². The Morgan fingerprint density at radius 2 is 0.842 bits per heavy atom. The van der Waals surface area contributed by atoms with Gasteiger partial charge in [-0.05, 0) is 102 Å². The second-order valence-corrected chi connectivity index (χ2v) is 15.2. The van der Waals surface area contributed by atoms with Crippen LogP contribution < -0.4 is 0 Å². The third kappa shape index (κ3) is 4.59. The van der Waals surface area contributed by atoms with Crippen LogP contribution in [0.15, 0.2) is 206 Å². The lowest BCUT2D eigenvalue weighted by Gasteiger charge is -2.30. The van der Waals surface area contributed by atoms with Crippen molar-refractivity contribution in [2.75, 3.05) is 0 Å². The SMILES string of the molecule is c1ccc(-c2cc(-c3ccccc3)cc(-c3nc(-c4cccc5c4-c4ccccc4C54c5ccccc5-c5c4ccc4ccccc54)nc4ccccc34)c2)cc1. The van der Waals surface area contributed by atoms with E-state index in [1.807, 2.05) is 0 Å². The second-order valence-electron chi connectivity index (χ2n) is 15.2. The zero-order valence-corrected chi connectivity index (χ0v) is 31.0. The summed E-state index contributed by atoms with van der Waals surface area (Å²) in [4.78, 5) is 11.0. The number of fused-ring (bicyclic) bond motifs is 13. The molecular weight excluding hydrogens is 689 g/mol. The van der Waals surface area contributed by atoms with Crippen molar-refractivity contribution in [2.24, 2.45) is 0 Å². The molecule has 0 saturated carbocycles. The maximum Gasteiger partial charge on any atom is 0.161 e. The van der Waals surface area contributed by atoms with Crippen LogP contribution in [0, 0.1) is 0 Å². The highest BCUT2D eigenvalue weighted by atomic mass is 14.9. The number of aromatic nitrogens is 2. The van der Waals surface area contributed by atoms with Crippen LogP contribution in [0.3, 0.4) is 0 Å². The molecule has 2 aliphatic rings. The predicted octanol–water partition coefficient (Wildman–Crippen LogP) is 13.8. The fourth-order valence-electron chi connectivity index (χ4n) is 9.92. The van der Waals surface area contributed by atoms with Crippen LogP contribution in [0.25, 0.3) is 88.8 Å². The highest BCUT2D eigenvalue weighted by Gasteiger charge is 2.52. The summed E-state index contributed by atoms with van der Waals surface area (Å²) in [7, 11) is 0. The van der Waals surface area contributed by atoms with Gasteiger partial charge in [0.05, 0.1) is 16.6 Å². The third-order valence-electron chi connectivity index (χ3n) is 12.3. The van der Waals surface area contributed by atoms with Gasteiger partial charge in [-0.25, -0.2) is 9.97 Å². The van der Waals surface area contributed by atoms with Gasteiger partial charge in [0.2, 0.25) is 0 Å². The summed E-state index contributed by atoms with van der Waals surface area (Å²) in [5.41, 5.74) is 18.4. The van der Waals surface area contributed by atoms with E-state index in [-0.39, 0.29) is 0 Å². The molecule has 1 spiro atoms. The van der Waals surface area contributed by atoms with Gasteiger partial charge in [-0.3, -0.25) is 0 Å². The highest BCUT2D eigenvalue weighted by Crippen LogP contribution is 2.64. The molecule has 2 nitrogen and oxygen atoms in total. The van der Waals surface area contributed by atoms with E-state index in [0.29, 0.717) is 0 Å². The quantitative estimate of drug-likeness (QED) is 0.181. The second kappa shape index (κ2) is 12.3. The number of hydrogen-bond acceptors (Lipinski definition) is 2. The van der Waals surface area contributed by atoms with Crippen LogP contribution >= 0.6 is 0 Å². The molecular formula is C55H34N2. The average Bonchev–Trinajstić information content (AvgIpc) is 3.77. The average molecular weight is 723 g/mol. The first-order chi connectivity index (χ1) is 28.3. The molecule has 1 aromatic heterocycles. The van der Waals surface area contributed by atoms with Gasteiger partial charge in [-0.15, -0.1) is 0 Å². The molecule has 1 atom stereocenters. The van der Waals surface area contributed by atoms with E-state index in [2.05, 4.69) is 206 Å². The smallest absolute Gasteiger partial charge is 0.161 e. The zero-order chi connectivity index (χ0) is 37.5. The van der Waals surface area contributed by atoms with Gasteiger partial charge < -0.3 is 0 Å². The molecule has 0 amide bonds. The van der Waals surface area contributed by atoms with Gasteiger partial charge in [0.15, 0.2) is 5.82 Å². The monoisotopic (exact) mass is 722 g/mol. The molecule has 0 radical (unpaired) electrons. The summed E-state index contributed by atoms with van der Waals surface area (Å²) in [6.45, 7) is 0. The van der Waals surface area contributed by atoms with E-state index in [0.717, 1.165) is 44.7 Å². The lowest BCUT2D eigenvalue weighted by molar-refractivity contribution is 0.794. The van der Waals surface area contributed by atoms with Crippen LogP contribution in [0.4, 0.5) is 0 Å². The third-order valence-corrected chi connectivity index (χ3v) is 12.3. The van der Waals surface area contributed by atoms with Crippen molar-refractivity contribution in [3.05, 3.63) is 229 Å². The summed E-state index contributed by atoms with van der Waals surface area (Å²) in [6.07, 6.45) is 0. The van der Waals surface area contributed by atoms with Gasteiger partial charge in [-0.1, -0.05) is 182 Å². The molecule has 9 aromatic carbocycles. The van der Waals surface area contributed by atoms with Gasteiger partial charge in [0.1, 0.15) is 0 Å². The first-order valence-electron chi connectivity index (χ1n) is 19.7. The lowest BCUT2D eigenvalue weighted by Crippen LogP contribution is -2.25. The minimum absolute atomic E-state index is 0.480. The summed E-state index contributed by atoms with van der Waals surface area (Å²) >= 11 is 0. The van der Waals surface area contributed by atoms with Crippen molar-refractivity contribution in [1.29, 1.82) is 0 Å². The molecule has 57 heavy (non-hydrogen) atoms. The van der Waals surface area contributed by atoms with E-state index in [9.17, 15) is 0 Å². The summed E-state index contributed by atoms with van der Waals surface area (Å²) in [5, 5.41) is 3.57. The summed E-state index contributed by atoms with van der Waals surface area (Å²) in [6, 6.07) is 74.9. The van der Waals surface area contributed by atoms with Crippen LogP contribution in [-0.2, 0) is 5.41 Å². The maximum absolute atomic E-state index is 5.59. The molecule has 10 aromatic rings. The molecule has 1 unspecified atom stereocenters. The lowest BCUT2D eigenvalue weighted by atomic mass is 9.70. The van der Waals surface area contributed by atoms with Gasteiger partial charge in [-0.2, -0.15) is 0 Å². The Morgan fingerprint density at radius 1 is 0.316 bits per heavy atom. The topological polar surface area (TPSA) is 25.8 Å². The van der Waals surface area contributed by atoms with Gasteiger partial charge >= 0.3 is 0 Å². The number of rotatable bonds is 4. The molecule has 0 aliphatic heterocycles. The van der Waals surface area contributed by atoms with Gasteiger partial charge in [0.25, 0.3) is 0 Å². The first kappa shape index (κ1) is 31.9. The van der Waals surface area contributed by atoms with Crippen LogP contribution in [0.5, 0.6) is 0 Å². The number of benzene rings is 9. The van der Waals surface area contributed by atoms with E-state index >= 15 is 0 Å². The van der Waals surface area contributed by atoms with Crippen LogP contribution in [0.1, 0.15) is 22.3 Å². The minimum atomic E-state index is -0.480. The Bertz CT molecular complexity index is 3180. The van der Waals surface area contributed by atoms with E-state index in [1.54, 1.807) is 0 Å². The molecule has 0 saturated heterocycles. The molecule has 2 aliphatic carbocycles. The fraction of sp³-hybridized carbons (Fsp3) is 0.0182. The molecule has 0 N–H and O–H groups in total. The van der Waals surface area contributed by atoms with Crippen molar-refractivity contribution in [2.45, 2.75) is 5.41 Å². The Labute approximate surface area is 331 Å². The Morgan fingerprint density at radius 3 is 1.56 bits per heavy atom. The molecule has 12 rings (SSSR count). The number of para-hydroxylation sites is 1. The van der Waals surface area contributed by atoms with Crippen molar-refractivity contribution < 1.29 is 0 Å². The summed E-state index contributed by atoms with van der Waals surface area (Å²) in [5.74, 6) is 0.726. The van der Waals surface area contributed by atoms with E-state index in [4.69, 9.17) is 9.97 Å². The number of hydrogen-bond donors (Lipinski definition) is 0. The molecule has 0 bridgehead atoms. The summed E-state index contributed by atoms with van der Waals surface area (Å²) < 4.78 is 0. The molecule has 264 valence electrons. The predicted molar refractivity (Wildman–Crippen MR) is 235 cm³/mol. The zero-order valence-electron chi connectivity index (χ0n) is 31.0. The Hall–Kier alpha value is -7.42. The molecule has 0 fully saturated rings. The Balaban J connectivity index is 1.14. The largest absolute Gasteiger partial charge is 0.228 e. The van der Waals surface area contributed by atoms with Gasteiger partial charge in [0, 0.05) is 16.5 Å². The van der Waals surface area contributed by atoms with Crippen molar-refractivity contribution in [1.82, 2.24) is 9.97 Å². The number of nitrogens with zero attached hydrogens (tertiary/aromatic N) is 2. The van der Waals surface area contributed by atoms with E-state index < -0.39 is 5.41 Å². The standard InChI is InChI=1S/C55H34N2/c1-3-16-35(17-4-1)38-32-39(36-18-5-2-6-19-36)34-40(33-38)53-44-24-11-14-29-50(44)56-54(57-53)45-25-15-28-48-52(45)43-23-10-13-27-47(43)55(48)46-26-12-9-22-42(46)51-41-21-8-7-20-37(41)30-31-49(51)55/h1-34H. The molecule has 2 heteroatoms. The van der Waals surface area contributed by atoms with Crippen LogP contribution in [0.2, 0.25) is 0 Å². The van der Waals surface area contributed by atoms with Crippen molar-refractivity contribution in [3.8, 4) is 67.2 Å². The fourth-order valence-corrected chi connectivity index (χ4v) is 9.92. The highest BCUT2D eigenvalue weighted by molar-refractivity contribution is 6.07. The van der Waals surface area contributed by atoms with Crippen molar-refractivity contribution in [3.63, 3.8) is 0 Å². The van der Waals surface area contributed by atoms with Crippen LogP contribution in [-0.4, -0.2) is 9.97 Å². The minimum Gasteiger partial charge on any atom is -0.228 e. The maximum atomic E-state index is 5.59. The Kier molecular flexibility index (Phi) is 6.88. The normalized spacial score (nSPS) is 14.7.